The fourth-order valence-electron chi connectivity index (χ4n) is 3.08. The molecule has 0 saturated carbocycles. The molecule has 1 fully saturated rings. The Morgan fingerprint density at radius 3 is 2.62 bits per heavy atom. The fourth-order valence-corrected chi connectivity index (χ4v) is 3.08. The molecule has 0 bridgehead atoms. The number of methoxy groups -OCH3 is 1. The van der Waals surface area contributed by atoms with Crippen molar-refractivity contribution in [3.05, 3.63) is 48.3 Å². The second-order valence-electron chi connectivity index (χ2n) is 6.43. The summed E-state index contributed by atoms with van der Waals surface area (Å²) in [6, 6.07) is 10.2. The number of piperidine rings is 1. The lowest BCUT2D eigenvalue weighted by Crippen LogP contribution is -2.29. The third kappa shape index (κ3) is 4.95. The Bertz CT molecular complexity index is 712. The van der Waals surface area contributed by atoms with E-state index in [1.54, 1.807) is 25.6 Å². The summed E-state index contributed by atoms with van der Waals surface area (Å²) in [5.41, 5.74) is 3.55. The van der Waals surface area contributed by atoms with Crippen LogP contribution in [0.25, 0.3) is 0 Å². The largest absolute Gasteiger partial charge is 0.383 e. The van der Waals surface area contributed by atoms with Crippen molar-refractivity contribution < 1.29 is 9.53 Å². The molecule has 6 nitrogen and oxygen atoms in total. The third-order valence-corrected chi connectivity index (χ3v) is 4.47. The molecule has 2 N–H and O–H groups in total. The van der Waals surface area contributed by atoms with Crippen molar-refractivity contribution >= 4 is 23.0 Å². The van der Waals surface area contributed by atoms with Crippen LogP contribution in [0.4, 0.5) is 17.1 Å². The molecule has 2 heterocycles. The Balaban J connectivity index is 1.61. The van der Waals surface area contributed by atoms with Crippen LogP contribution < -0.4 is 15.5 Å². The van der Waals surface area contributed by atoms with Gasteiger partial charge in [-0.15, -0.1) is 0 Å². The first-order chi connectivity index (χ1) is 12.8. The number of carbonyl (C=O) groups is 1. The number of amides is 1. The lowest BCUT2D eigenvalue weighted by molar-refractivity contribution is 0.0937. The molecule has 6 heteroatoms. The predicted molar refractivity (Wildman–Crippen MR) is 104 cm³/mol. The summed E-state index contributed by atoms with van der Waals surface area (Å²) in [7, 11) is 1.61. The quantitative estimate of drug-likeness (QED) is 0.748. The second-order valence-corrected chi connectivity index (χ2v) is 6.43. The lowest BCUT2D eigenvalue weighted by Gasteiger charge is -2.28. The Kier molecular flexibility index (Phi) is 6.44. The third-order valence-electron chi connectivity index (χ3n) is 4.47. The maximum Gasteiger partial charge on any atom is 0.253 e. The normalized spacial score (nSPS) is 14.1. The molecular formula is C20H26N4O2. The van der Waals surface area contributed by atoms with Gasteiger partial charge in [-0.3, -0.25) is 9.78 Å². The van der Waals surface area contributed by atoms with Crippen LogP contribution in [-0.2, 0) is 4.74 Å². The number of nitrogens with one attached hydrogen (secondary N) is 2. The van der Waals surface area contributed by atoms with Gasteiger partial charge in [0.2, 0.25) is 0 Å². The van der Waals surface area contributed by atoms with E-state index in [9.17, 15) is 4.79 Å². The van der Waals surface area contributed by atoms with Crippen molar-refractivity contribution in [3.8, 4) is 0 Å². The number of hydrogen-bond donors (Lipinski definition) is 2. The van der Waals surface area contributed by atoms with Gasteiger partial charge in [0.05, 0.1) is 24.1 Å². The van der Waals surface area contributed by atoms with Crippen LogP contribution in [0.5, 0.6) is 0 Å². The van der Waals surface area contributed by atoms with Gasteiger partial charge in [-0.25, -0.2) is 0 Å². The van der Waals surface area contributed by atoms with Gasteiger partial charge in [0.25, 0.3) is 5.91 Å². The Morgan fingerprint density at radius 1 is 1.12 bits per heavy atom. The highest BCUT2D eigenvalue weighted by atomic mass is 16.5. The van der Waals surface area contributed by atoms with E-state index in [1.165, 1.54) is 24.9 Å². The molecule has 1 aromatic heterocycles. The van der Waals surface area contributed by atoms with Crippen molar-refractivity contribution in [1.82, 2.24) is 10.3 Å². The van der Waals surface area contributed by atoms with Gasteiger partial charge in [0, 0.05) is 44.3 Å². The summed E-state index contributed by atoms with van der Waals surface area (Å²) in [5, 5.41) is 6.11. The average Bonchev–Trinajstić information content (AvgIpc) is 2.69. The van der Waals surface area contributed by atoms with Gasteiger partial charge in [-0.2, -0.15) is 0 Å². The molecule has 0 aliphatic carbocycles. The number of benzene rings is 1. The summed E-state index contributed by atoms with van der Waals surface area (Å²) in [4.78, 5) is 18.7. The van der Waals surface area contributed by atoms with Gasteiger partial charge < -0.3 is 20.3 Å². The van der Waals surface area contributed by atoms with Crippen molar-refractivity contribution in [2.45, 2.75) is 19.3 Å². The monoisotopic (exact) mass is 354 g/mol. The fraction of sp³-hybridized carbons (Fsp3) is 0.400. The molecule has 0 radical (unpaired) electrons. The van der Waals surface area contributed by atoms with E-state index in [0.717, 1.165) is 24.5 Å². The van der Waals surface area contributed by atoms with E-state index in [0.29, 0.717) is 18.7 Å². The minimum Gasteiger partial charge on any atom is -0.383 e. The highest BCUT2D eigenvalue weighted by Gasteiger charge is 2.11. The summed E-state index contributed by atoms with van der Waals surface area (Å²) >= 11 is 0. The topological polar surface area (TPSA) is 66.5 Å². The molecule has 1 aliphatic heterocycles. The maximum absolute atomic E-state index is 12.1. The molecule has 138 valence electrons. The molecule has 1 saturated heterocycles. The first kappa shape index (κ1) is 18.2. The van der Waals surface area contributed by atoms with Crippen molar-refractivity contribution in [1.29, 1.82) is 0 Å². The molecule has 1 amide bonds. The van der Waals surface area contributed by atoms with E-state index < -0.39 is 0 Å². The van der Waals surface area contributed by atoms with Gasteiger partial charge in [-0.1, -0.05) is 0 Å². The number of carbonyl (C=O) groups excluding carboxylic acids is 1. The average molecular weight is 354 g/mol. The summed E-state index contributed by atoms with van der Waals surface area (Å²) in [6.45, 7) is 3.24. The number of anilines is 3. The highest BCUT2D eigenvalue weighted by molar-refractivity contribution is 5.94. The molecule has 0 atom stereocenters. The molecule has 3 rings (SSSR count). The zero-order chi connectivity index (χ0) is 18.2. The maximum atomic E-state index is 12.1. The lowest BCUT2D eigenvalue weighted by atomic mass is 10.1. The number of rotatable bonds is 7. The molecule has 0 unspecified atom stereocenters. The minimum absolute atomic E-state index is 0.154. The summed E-state index contributed by atoms with van der Waals surface area (Å²) in [6.07, 6.45) is 7.14. The summed E-state index contributed by atoms with van der Waals surface area (Å²) < 4.78 is 4.94. The number of nitrogens with zero attached hydrogens (tertiary/aromatic N) is 2. The van der Waals surface area contributed by atoms with E-state index in [2.05, 4.69) is 44.8 Å². The smallest absolute Gasteiger partial charge is 0.253 e. The van der Waals surface area contributed by atoms with Crippen molar-refractivity contribution in [2.75, 3.05) is 43.6 Å². The predicted octanol–water partition coefficient (Wildman–Crippen LogP) is 3.19. The van der Waals surface area contributed by atoms with Crippen molar-refractivity contribution in [2.24, 2.45) is 0 Å². The number of hydrogen-bond acceptors (Lipinski definition) is 5. The summed E-state index contributed by atoms with van der Waals surface area (Å²) in [5.74, 6) is -0.154. The van der Waals surface area contributed by atoms with Crippen LogP contribution in [-0.4, -0.2) is 44.2 Å². The highest BCUT2D eigenvalue weighted by Crippen LogP contribution is 2.23. The van der Waals surface area contributed by atoms with Gasteiger partial charge in [0.15, 0.2) is 0 Å². The number of ether oxygens (including phenoxy) is 1. The standard InChI is InChI=1S/C20H26N4O2/c1-26-12-9-22-20(25)16-13-18(15-21-14-16)23-17-5-7-19(8-6-17)24-10-3-2-4-11-24/h5-8,13-15,23H,2-4,9-12H2,1H3,(H,22,25). The zero-order valence-corrected chi connectivity index (χ0v) is 15.2. The van der Waals surface area contributed by atoms with E-state index in [-0.39, 0.29) is 5.91 Å². The van der Waals surface area contributed by atoms with Gasteiger partial charge in [-0.05, 0) is 49.6 Å². The minimum atomic E-state index is -0.154. The Morgan fingerprint density at radius 2 is 1.88 bits per heavy atom. The van der Waals surface area contributed by atoms with E-state index in [4.69, 9.17) is 4.74 Å². The second kappa shape index (κ2) is 9.20. The Hall–Kier alpha value is -2.60. The molecular weight excluding hydrogens is 328 g/mol. The molecule has 1 aliphatic rings. The van der Waals surface area contributed by atoms with Crippen LogP contribution in [0.1, 0.15) is 29.6 Å². The van der Waals surface area contributed by atoms with Gasteiger partial charge in [0.1, 0.15) is 0 Å². The molecule has 1 aromatic carbocycles. The number of aromatic nitrogens is 1. The zero-order valence-electron chi connectivity index (χ0n) is 15.2. The van der Waals surface area contributed by atoms with Gasteiger partial charge >= 0.3 is 0 Å². The van der Waals surface area contributed by atoms with E-state index >= 15 is 0 Å². The van der Waals surface area contributed by atoms with E-state index in [1.807, 2.05) is 0 Å². The van der Waals surface area contributed by atoms with Crippen molar-refractivity contribution in [3.63, 3.8) is 0 Å². The van der Waals surface area contributed by atoms with Crippen LogP contribution >= 0.6 is 0 Å². The first-order valence-corrected chi connectivity index (χ1v) is 9.10. The first-order valence-electron chi connectivity index (χ1n) is 9.10. The number of pyridine rings is 1. The molecule has 2 aromatic rings. The van der Waals surface area contributed by atoms with Crippen LogP contribution in [0.3, 0.4) is 0 Å². The molecule has 0 spiro atoms. The van der Waals surface area contributed by atoms with Crippen LogP contribution in [0.2, 0.25) is 0 Å². The molecule has 26 heavy (non-hydrogen) atoms. The van der Waals surface area contributed by atoms with Crippen LogP contribution in [0.15, 0.2) is 42.7 Å². The Labute approximate surface area is 154 Å². The van der Waals surface area contributed by atoms with Crippen LogP contribution in [0, 0.1) is 0 Å². The SMILES string of the molecule is COCCNC(=O)c1cncc(Nc2ccc(N3CCCCC3)cc2)c1.